The Morgan fingerprint density at radius 3 is 2.61 bits per heavy atom. The lowest BCUT2D eigenvalue weighted by Gasteiger charge is -2.24. The van der Waals surface area contributed by atoms with Gasteiger partial charge >= 0.3 is 6.34 Å². The molecule has 0 radical (unpaired) electrons. The molecule has 0 spiro atoms. The van der Waals surface area contributed by atoms with Crippen LogP contribution < -0.4 is 49.6 Å². The Morgan fingerprint density at radius 1 is 1.18 bits per heavy atom. The molecule has 0 amide bonds. The third-order valence-electron chi connectivity index (χ3n) is 4.74. The van der Waals surface area contributed by atoms with Gasteiger partial charge in [0.05, 0.1) is 6.54 Å². The number of hydrogen-bond acceptors (Lipinski definition) is 2. The summed E-state index contributed by atoms with van der Waals surface area (Å²) in [5.74, 6) is 1.08. The van der Waals surface area contributed by atoms with Crippen LogP contribution in [0.3, 0.4) is 0 Å². The summed E-state index contributed by atoms with van der Waals surface area (Å²) in [6.45, 7) is 0.704. The van der Waals surface area contributed by atoms with Gasteiger partial charge in [-0.1, -0.05) is 54.8 Å². The third-order valence-corrected chi connectivity index (χ3v) is 6.01. The Balaban J connectivity index is 0.00000196. The number of allylic oxidation sites excluding steroid dienone is 1. The summed E-state index contributed by atoms with van der Waals surface area (Å²) in [6.07, 6.45) is 13.0. The van der Waals surface area contributed by atoms with Gasteiger partial charge in [0.15, 0.2) is 11.4 Å². The molecule has 1 aliphatic heterocycles. The lowest BCUT2D eigenvalue weighted by Crippen LogP contribution is -3.00. The highest BCUT2D eigenvalue weighted by Crippen LogP contribution is 2.19. The first-order valence-corrected chi connectivity index (χ1v) is 11.0. The zero-order chi connectivity index (χ0) is 18.0. The molecular weight excluding hydrogens is 524 g/mol. The largest absolute Gasteiger partial charge is 1.00 e. The van der Waals surface area contributed by atoms with Crippen molar-refractivity contribution in [2.24, 2.45) is 4.99 Å². The van der Waals surface area contributed by atoms with E-state index in [4.69, 9.17) is 16.6 Å². The molecule has 4 nitrogen and oxygen atoms in total. The van der Waals surface area contributed by atoms with E-state index in [0.29, 0.717) is 12.6 Å². The molecule has 156 valence electrons. The molecule has 1 aromatic rings. The quantitative estimate of drug-likeness (QED) is 0.185. The van der Waals surface area contributed by atoms with Crippen molar-refractivity contribution in [3.8, 4) is 0 Å². The Morgan fingerprint density at radius 2 is 1.93 bits per heavy atom. The van der Waals surface area contributed by atoms with E-state index in [1.165, 1.54) is 43.4 Å². The first kappa shape index (κ1) is 25.7. The minimum Gasteiger partial charge on any atom is -1.00 e. The normalized spacial score (nSPS) is 16.9. The number of nitrogens with one attached hydrogen (secondary N) is 2. The van der Waals surface area contributed by atoms with Crippen LogP contribution in [0.5, 0.6) is 0 Å². The number of nitrogens with zero attached hydrogens (tertiary/aromatic N) is 1. The minimum atomic E-state index is 0. The number of hydrogen-bond donors (Lipinski definition) is 3. The maximum atomic E-state index is 5.98. The van der Waals surface area contributed by atoms with Gasteiger partial charge in [-0.25, -0.2) is 5.32 Å². The Bertz CT molecular complexity index is 659. The number of thioether (sulfide) groups is 1. The van der Waals surface area contributed by atoms with E-state index in [2.05, 4.69) is 34.0 Å². The topological polar surface area (TPSA) is 55.0 Å². The highest BCUT2D eigenvalue weighted by Gasteiger charge is 2.15. The van der Waals surface area contributed by atoms with Gasteiger partial charge in [-0.3, -0.25) is 4.99 Å². The molecular formula is C20H29Br2ClN4S. The summed E-state index contributed by atoms with van der Waals surface area (Å²) in [4.78, 5) is 8.15. The van der Waals surface area contributed by atoms with Gasteiger partial charge in [-0.2, -0.15) is 4.99 Å². The monoisotopic (exact) mass is 550 g/mol. The van der Waals surface area contributed by atoms with E-state index in [0.717, 1.165) is 28.8 Å². The van der Waals surface area contributed by atoms with Crippen LogP contribution in [0.15, 0.2) is 41.2 Å². The van der Waals surface area contributed by atoms with E-state index in [1.54, 1.807) is 0 Å². The third kappa shape index (κ3) is 9.44. The summed E-state index contributed by atoms with van der Waals surface area (Å²) < 4.78 is 0. The fourth-order valence-electron chi connectivity index (χ4n) is 3.26. The van der Waals surface area contributed by atoms with Gasteiger partial charge in [0.25, 0.3) is 0 Å². The van der Waals surface area contributed by atoms with Crippen molar-refractivity contribution in [1.82, 2.24) is 5.32 Å². The van der Waals surface area contributed by atoms with Crippen LogP contribution in [0.25, 0.3) is 0 Å². The standard InChI is InChI=1S/C20H27ClN4S.2BrH/c21-17-10-8-16(9-11-17)13-23-20(25-18-5-2-1-3-6-18)26-12-4-7-19-14-22-15-24-19;;/h8-11,14-15,18H,1-7,12-13H2,(H,22,24)(H,23,25);2*1H. The summed E-state index contributed by atoms with van der Waals surface area (Å²) in [5.41, 5.74) is 2.51. The number of aliphatic imine (C=N–C) groups is 1. The summed E-state index contributed by atoms with van der Waals surface area (Å²) in [5, 5.41) is 7.64. The summed E-state index contributed by atoms with van der Waals surface area (Å²) >= 11 is 7.83. The molecule has 4 N–H and O–H groups in total. The molecule has 0 unspecified atom stereocenters. The Kier molecular flexibility index (Phi) is 13.4. The predicted molar refractivity (Wildman–Crippen MR) is 111 cm³/mol. The lowest BCUT2D eigenvalue weighted by molar-refractivity contribution is -0.492. The smallest absolute Gasteiger partial charge is 0.332 e. The van der Waals surface area contributed by atoms with Crippen LogP contribution in [0.2, 0.25) is 5.02 Å². The number of benzene rings is 1. The fourth-order valence-corrected chi connectivity index (χ4v) is 4.28. The maximum absolute atomic E-state index is 5.98. The van der Waals surface area contributed by atoms with Gasteiger partial charge in [0.1, 0.15) is 0 Å². The molecule has 0 bridgehead atoms. The van der Waals surface area contributed by atoms with Gasteiger partial charge < -0.3 is 39.3 Å². The molecule has 0 saturated heterocycles. The molecule has 1 heterocycles. The second kappa shape index (κ2) is 14.6. The SMILES string of the molecule is Clc1ccc(CN=C(NC2CCCCC2)SCCCC2=C[NH2+]C=[NH+]2)cc1.[Br-].[Br-]. The zero-order valence-electron chi connectivity index (χ0n) is 16.0. The van der Waals surface area contributed by atoms with Crippen molar-refractivity contribution in [3.63, 3.8) is 0 Å². The number of halogens is 3. The highest BCUT2D eigenvalue weighted by molar-refractivity contribution is 8.13. The average molecular weight is 553 g/mol. The van der Waals surface area contributed by atoms with E-state index >= 15 is 0 Å². The van der Waals surface area contributed by atoms with Crippen molar-refractivity contribution in [3.05, 3.63) is 46.7 Å². The molecule has 1 aromatic carbocycles. The van der Waals surface area contributed by atoms with Gasteiger partial charge in [0.2, 0.25) is 5.70 Å². The molecule has 28 heavy (non-hydrogen) atoms. The molecule has 1 aliphatic carbocycles. The van der Waals surface area contributed by atoms with Crippen LogP contribution in [-0.2, 0) is 6.54 Å². The van der Waals surface area contributed by atoms with Crippen molar-refractivity contribution in [2.75, 3.05) is 5.75 Å². The van der Waals surface area contributed by atoms with Gasteiger partial charge in [-0.15, -0.1) is 0 Å². The molecule has 3 rings (SSSR count). The van der Waals surface area contributed by atoms with E-state index in [-0.39, 0.29) is 34.0 Å². The summed E-state index contributed by atoms with van der Waals surface area (Å²) in [7, 11) is 0. The number of nitrogens with two attached hydrogens (primary N) is 1. The summed E-state index contributed by atoms with van der Waals surface area (Å²) in [6, 6.07) is 8.57. The van der Waals surface area contributed by atoms with Crippen molar-refractivity contribution >= 4 is 34.9 Å². The van der Waals surface area contributed by atoms with E-state index < -0.39 is 0 Å². The van der Waals surface area contributed by atoms with Crippen molar-refractivity contribution < 1.29 is 44.3 Å². The zero-order valence-corrected chi connectivity index (χ0v) is 20.7. The molecule has 0 atom stereocenters. The van der Waals surface area contributed by atoms with Crippen molar-refractivity contribution in [1.29, 1.82) is 0 Å². The van der Waals surface area contributed by atoms with Crippen LogP contribution in [0.1, 0.15) is 50.5 Å². The average Bonchev–Trinajstić information content (AvgIpc) is 3.18. The maximum Gasteiger partial charge on any atom is 0.332 e. The van der Waals surface area contributed by atoms with Crippen molar-refractivity contribution in [2.45, 2.75) is 57.5 Å². The highest BCUT2D eigenvalue weighted by atomic mass is 79.9. The van der Waals surface area contributed by atoms with Crippen LogP contribution in [0.4, 0.5) is 0 Å². The minimum absolute atomic E-state index is 0. The Hall–Kier alpha value is -0.340. The number of amidine groups is 1. The second-order valence-electron chi connectivity index (χ2n) is 6.87. The number of rotatable bonds is 7. The molecule has 2 aliphatic rings. The van der Waals surface area contributed by atoms with Gasteiger partial charge in [0, 0.05) is 23.2 Å². The molecule has 1 fully saturated rings. The van der Waals surface area contributed by atoms with Crippen LogP contribution >= 0.6 is 23.4 Å². The molecule has 8 heteroatoms. The van der Waals surface area contributed by atoms with Gasteiger partial charge in [-0.05, 0) is 37.0 Å². The molecule has 1 saturated carbocycles. The molecule has 0 aromatic heterocycles. The lowest BCUT2D eigenvalue weighted by atomic mass is 9.96. The predicted octanol–water partition coefficient (Wildman–Crippen LogP) is -3.83. The Labute approximate surface area is 198 Å². The van der Waals surface area contributed by atoms with E-state index in [1.807, 2.05) is 30.2 Å². The van der Waals surface area contributed by atoms with Crippen LogP contribution in [-0.4, -0.2) is 23.3 Å². The first-order valence-electron chi connectivity index (χ1n) is 9.60. The first-order chi connectivity index (χ1) is 12.8. The van der Waals surface area contributed by atoms with E-state index in [9.17, 15) is 0 Å². The van der Waals surface area contributed by atoms with Crippen LogP contribution in [0, 0.1) is 0 Å². The second-order valence-corrected chi connectivity index (χ2v) is 8.39. The number of quaternary nitrogens is 1. The fraction of sp³-hybridized carbons (Fsp3) is 0.500.